The van der Waals surface area contributed by atoms with Crippen LogP contribution in [0.1, 0.15) is 13.3 Å². The number of fused-ring (bicyclic) bond motifs is 2. The van der Waals surface area contributed by atoms with Crippen molar-refractivity contribution in [2.45, 2.75) is 13.3 Å². The van der Waals surface area contributed by atoms with Gasteiger partial charge in [0, 0.05) is 0 Å². The predicted octanol–water partition coefficient (Wildman–Crippen LogP) is 2.84. The molecule has 0 bridgehead atoms. The lowest BCUT2D eigenvalue weighted by molar-refractivity contribution is 0.473. The molecule has 0 radical (unpaired) electrons. The van der Waals surface area contributed by atoms with Gasteiger partial charge >= 0.3 is 0 Å². The van der Waals surface area contributed by atoms with Gasteiger partial charge < -0.3 is 0 Å². The van der Waals surface area contributed by atoms with E-state index in [9.17, 15) is 0 Å². The van der Waals surface area contributed by atoms with Crippen molar-refractivity contribution in [1.29, 1.82) is 0 Å². The minimum atomic E-state index is -0.393. The van der Waals surface area contributed by atoms with Gasteiger partial charge in [-0.1, -0.05) is 43.3 Å². The lowest BCUT2D eigenvalue weighted by Gasteiger charge is -2.32. The maximum atomic E-state index is 2.58. The summed E-state index contributed by atoms with van der Waals surface area (Å²) < 4.78 is 0. The van der Waals surface area contributed by atoms with Gasteiger partial charge in [0.25, 0.3) is 0 Å². The molecule has 0 N–H and O–H groups in total. The number of hydrogen-bond acceptors (Lipinski definition) is 0. The summed E-state index contributed by atoms with van der Waals surface area (Å²) in [5.74, 6) is 4.75. The highest BCUT2D eigenvalue weighted by molar-refractivity contribution is 8.32. The number of hydrogen-bond donors (Lipinski definition) is 0. The molecule has 1 saturated carbocycles. The summed E-state index contributed by atoms with van der Waals surface area (Å²) in [6, 6.07) is 8.90. The van der Waals surface area contributed by atoms with Crippen molar-refractivity contribution in [3.63, 3.8) is 0 Å². The fourth-order valence-electron chi connectivity index (χ4n) is 4.06. The molecule has 4 unspecified atom stereocenters. The first-order chi connectivity index (χ1) is 8.94. The molecule has 0 heterocycles. The van der Waals surface area contributed by atoms with Crippen LogP contribution in [-0.4, -0.2) is 24.5 Å². The third-order valence-electron chi connectivity index (χ3n) is 4.77. The standard InChI is InChI=1S/C18H26S/c1-13-9-16(12-19(2,3)4)18-11-15-8-6-5-7-14(15)10-17(13)18/h5-8,10-11,13,16-18H,9,12H2,1-4H3. The highest BCUT2D eigenvalue weighted by Crippen LogP contribution is 2.50. The van der Waals surface area contributed by atoms with E-state index in [-0.39, 0.29) is 0 Å². The quantitative estimate of drug-likeness (QED) is 0.778. The Balaban J connectivity index is 1.98. The zero-order valence-electron chi connectivity index (χ0n) is 12.6. The molecule has 2 aliphatic rings. The largest absolute Gasteiger partial charge is 0.249 e. The molecule has 104 valence electrons. The molecule has 19 heavy (non-hydrogen) atoms. The van der Waals surface area contributed by atoms with E-state index < -0.39 is 10.0 Å². The van der Waals surface area contributed by atoms with Crippen LogP contribution in [0, 0.1) is 23.7 Å². The first-order valence-corrected chi connectivity index (χ1v) is 10.4. The molecule has 0 aromatic heterocycles. The van der Waals surface area contributed by atoms with Gasteiger partial charge in [0.1, 0.15) is 0 Å². The van der Waals surface area contributed by atoms with E-state index in [2.05, 4.69) is 62.1 Å². The Bertz CT molecular complexity index is 578. The first kappa shape index (κ1) is 13.3. The maximum Gasteiger partial charge on any atom is -0.0123 e. The molecule has 0 aliphatic heterocycles. The van der Waals surface area contributed by atoms with Crippen molar-refractivity contribution < 1.29 is 0 Å². The van der Waals surface area contributed by atoms with Crippen molar-refractivity contribution in [2.24, 2.45) is 23.7 Å². The van der Waals surface area contributed by atoms with Crippen molar-refractivity contribution in [3.05, 3.63) is 34.7 Å². The molecule has 1 aromatic carbocycles. The molecule has 1 fully saturated rings. The van der Waals surface area contributed by atoms with Gasteiger partial charge in [0.2, 0.25) is 0 Å². The zero-order valence-corrected chi connectivity index (χ0v) is 13.4. The van der Waals surface area contributed by atoms with Crippen LogP contribution in [0.5, 0.6) is 0 Å². The molecule has 1 aromatic rings. The Morgan fingerprint density at radius 3 is 2.16 bits per heavy atom. The highest BCUT2D eigenvalue weighted by atomic mass is 32.3. The van der Waals surface area contributed by atoms with Gasteiger partial charge in [-0.3, -0.25) is 0 Å². The van der Waals surface area contributed by atoms with Gasteiger partial charge in [-0.2, -0.15) is 0 Å². The summed E-state index contributed by atoms with van der Waals surface area (Å²) in [6.07, 6.45) is 13.9. The van der Waals surface area contributed by atoms with Crippen LogP contribution in [-0.2, 0) is 0 Å². The second-order valence-corrected chi connectivity index (χ2v) is 11.9. The van der Waals surface area contributed by atoms with E-state index in [1.54, 1.807) is 0 Å². The third-order valence-corrected chi connectivity index (χ3v) is 6.20. The van der Waals surface area contributed by atoms with Crippen LogP contribution in [0.15, 0.2) is 24.3 Å². The Kier molecular flexibility index (Phi) is 3.29. The lowest BCUT2D eigenvalue weighted by atomic mass is 9.83. The van der Waals surface area contributed by atoms with Crippen LogP contribution < -0.4 is 10.4 Å². The number of rotatable bonds is 2. The van der Waals surface area contributed by atoms with E-state index >= 15 is 0 Å². The average molecular weight is 274 g/mol. The van der Waals surface area contributed by atoms with Crippen molar-refractivity contribution in [2.75, 3.05) is 24.5 Å². The molecule has 4 atom stereocenters. The second-order valence-electron chi connectivity index (χ2n) is 7.35. The summed E-state index contributed by atoms with van der Waals surface area (Å²) in [5, 5.41) is 2.92. The molecule has 0 saturated heterocycles. The van der Waals surface area contributed by atoms with Gasteiger partial charge in [0.05, 0.1) is 0 Å². The zero-order chi connectivity index (χ0) is 13.6. The van der Waals surface area contributed by atoms with Gasteiger partial charge in [-0.15, -0.1) is 0 Å². The molecule has 1 heteroatoms. The molecule has 0 spiro atoms. The fourth-order valence-corrected chi connectivity index (χ4v) is 5.70. The first-order valence-electron chi connectivity index (χ1n) is 7.39. The van der Waals surface area contributed by atoms with Crippen molar-refractivity contribution in [3.8, 4) is 0 Å². The van der Waals surface area contributed by atoms with Crippen LogP contribution in [0.2, 0.25) is 0 Å². The molecule has 0 nitrogen and oxygen atoms in total. The SMILES string of the molecule is CC1CC(CS(C)(C)C)C2C=c3ccccc3=CC12. The maximum absolute atomic E-state index is 2.58. The van der Waals surface area contributed by atoms with Crippen LogP contribution >= 0.6 is 10.0 Å². The Morgan fingerprint density at radius 1 is 1.00 bits per heavy atom. The third kappa shape index (κ3) is 2.63. The lowest BCUT2D eigenvalue weighted by Crippen LogP contribution is -2.33. The summed E-state index contributed by atoms with van der Waals surface area (Å²) in [6.45, 7) is 2.45. The second kappa shape index (κ2) is 4.70. The summed E-state index contributed by atoms with van der Waals surface area (Å²) in [4.78, 5) is 0. The molecule has 2 aliphatic carbocycles. The fraction of sp³-hybridized carbons (Fsp3) is 0.556. The van der Waals surface area contributed by atoms with Gasteiger partial charge in [-0.25, -0.2) is 10.0 Å². The van der Waals surface area contributed by atoms with Crippen molar-refractivity contribution >= 4 is 22.2 Å². The Morgan fingerprint density at radius 2 is 1.58 bits per heavy atom. The topological polar surface area (TPSA) is 0 Å². The Labute approximate surface area is 118 Å². The predicted molar refractivity (Wildman–Crippen MR) is 89.1 cm³/mol. The number of benzene rings is 1. The van der Waals surface area contributed by atoms with E-state index in [0.717, 1.165) is 23.7 Å². The van der Waals surface area contributed by atoms with Crippen LogP contribution in [0.25, 0.3) is 12.2 Å². The normalized spacial score (nSPS) is 33.9. The molecular formula is C18H26S. The Hall–Kier alpha value is -0.690. The van der Waals surface area contributed by atoms with E-state index in [4.69, 9.17) is 0 Å². The molecule has 3 rings (SSSR count). The van der Waals surface area contributed by atoms with Gasteiger partial charge in [-0.05, 0) is 65.0 Å². The van der Waals surface area contributed by atoms with Crippen LogP contribution in [0.3, 0.4) is 0 Å². The average Bonchev–Trinajstić information content (AvgIpc) is 2.61. The summed E-state index contributed by atoms with van der Waals surface area (Å²) >= 11 is 0. The minimum absolute atomic E-state index is 0.393. The van der Waals surface area contributed by atoms with E-state index in [0.29, 0.717) is 0 Å². The van der Waals surface area contributed by atoms with E-state index in [1.807, 2.05) is 0 Å². The summed E-state index contributed by atoms with van der Waals surface area (Å²) in [5.41, 5.74) is 0. The van der Waals surface area contributed by atoms with Crippen LogP contribution in [0.4, 0.5) is 0 Å². The monoisotopic (exact) mass is 274 g/mol. The van der Waals surface area contributed by atoms with E-state index in [1.165, 1.54) is 22.6 Å². The minimum Gasteiger partial charge on any atom is -0.249 e. The van der Waals surface area contributed by atoms with Crippen molar-refractivity contribution in [1.82, 2.24) is 0 Å². The molecule has 0 amide bonds. The summed E-state index contributed by atoms with van der Waals surface area (Å²) in [7, 11) is -0.393. The van der Waals surface area contributed by atoms with Gasteiger partial charge in [0.15, 0.2) is 0 Å². The highest BCUT2D eigenvalue weighted by Gasteiger charge is 2.40. The smallest absolute Gasteiger partial charge is 0.0123 e. The molecular weight excluding hydrogens is 248 g/mol.